The average Bonchev–Trinajstić information content (AvgIpc) is 3.43. The number of benzene rings is 1. The van der Waals surface area contributed by atoms with Crippen LogP contribution >= 0.6 is 11.6 Å². The summed E-state index contributed by atoms with van der Waals surface area (Å²) in [6, 6.07) is 9.76. The zero-order valence-corrected chi connectivity index (χ0v) is 20.9. The summed E-state index contributed by atoms with van der Waals surface area (Å²) in [6.07, 6.45) is 3.38. The van der Waals surface area contributed by atoms with Crippen molar-refractivity contribution in [1.29, 1.82) is 0 Å². The molecule has 1 unspecified atom stereocenters. The van der Waals surface area contributed by atoms with E-state index in [1.807, 2.05) is 42.2 Å². The van der Waals surface area contributed by atoms with E-state index in [4.69, 9.17) is 16.1 Å². The summed E-state index contributed by atoms with van der Waals surface area (Å²) in [5.41, 5.74) is 2.55. The molecule has 0 N–H and O–H groups in total. The quantitative estimate of drug-likeness (QED) is 0.462. The van der Waals surface area contributed by atoms with Gasteiger partial charge in [0.05, 0.1) is 11.7 Å². The Hall–Kier alpha value is -2.97. The zero-order valence-electron chi connectivity index (χ0n) is 20.1. The van der Waals surface area contributed by atoms with Crippen molar-refractivity contribution >= 4 is 23.6 Å². The highest BCUT2D eigenvalue weighted by atomic mass is 35.5. The molecular formula is C25H31ClN6O2. The number of carbonyl (C=O) groups is 1. The van der Waals surface area contributed by atoms with Gasteiger partial charge in [-0.25, -0.2) is 0 Å². The van der Waals surface area contributed by atoms with E-state index in [-0.39, 0.29) is 11.9 Å². The third-order valence-electron chi connectivity index (χ3n) is 6.04. The summed E-state index contributed by atoms with van der Waals surface area (Å²) >= 11 is 6.49. The maximum Gasteiger partial charge on any atom is 0.246 e. The van der Waals surface area contributed by atoms with Crippen molar-refractivity contribution < 1.29 is 9.32 Å². The molecule has 1 aromatic carbocycles. The van der Waals surface area contributed by atoms with E-state index in [9.17, 15) is 4.79 Å². The minimum atomic E-state index is -0.0245. The lowest BCUT2D eigenvalue weighted by Gasteiger charge is -2.36. The number of carbonyl (C=O) groups excluding carboxylic acids is 1. The van der Waals surface area contributed by atoms with Crippen LogP contribution in [0.25, 0.3) is 17.5 Å². The SMILES string of the molecule is Cc1nn(CC(C)C)c(Cl)c1C=CC(=O)N1CCN(C(C)c2nc(-c3ccccc3)no2)CC1. The van der Waals surface area contributed by atoms with Gasteiger partial charge in [-0.3, -0.25) is 14.4 Å². The van der Waals surface area contributed by atoms with E-state index in [0.29, 0.717) is 35.9 Å². The molecule has 1 atom stereocenters. The van der Waals surface area contributed by atoms with Gasteiger partial charge in [0.25, 0.3) is 0 Å². The fourth-order valence-corrected chi connectivity index (χ4v) is 4.39. The second kappa shape index (κ2) is 10.5. The number of piperazine rings is 1. The molecule has 3 heterocycles. The zero-order chi connectivity index (χ0) is 24.2. The van der Waals surface area contributed by atoms with Crippen LogP contribution in [-0.4, -0.2) is 61.8 Å². The van der Waals surface area contributed by atoms with Crippen molar-refractivity contribution in [2.24, 2.45) is 5.92 Å². The molecule has 0 spiro atoms. The van der Waals surface area contributed by atoms with E-state index in [0.717, 1.165) is 36.5 Å². The Bertz CT molecular complexity index is 1150. The standard InChI is InChI=1S/C25H31ClN6O2/c1-17(2)16-32-23(26)21(18(3)28-32)10-11-22(33)31-14-12-30(13-15-31)19(4)25-27-24(29-34-25)20-8-6-5-7-9-20/h5-11,17,19H,12-16H2,1-4H3. The normalized spacial score (nSPS) is 16.0. The first-order chi connectivity index (χ1) is 16.3. The molecule has 1 saturated heterocycles. The van der Waals surface area contributed by atoms with E-state index >= 15 is 0 Å². The van der Waals surface area contributed by atoms with Gasteiger partial charge >= 0.3 is 0 Å². The van der Waals surface area contributed by atoms with E-state index < -0.39 is 0 Å². The molecule has 2 aromatic heterocycles. The number of hydrogen-bond donors (Lipinski definition) is 0. The molecule has 9 heteroatoms. The Morgan fingerprint density at radius 1 is 1.15 bits per heavy atom. The van der Waals surface area contributed by atoms with Crippen molar-refractivity contribution in [2.45, 2.75) is 40.3 Å². The summed E-state index contributed by atoms with van der Waals surface area (Å²) in [5.74, 6) is 1.59. The minimum absolute atomic E-state index is 0.0222. The monoisotopic (exact) mass is 482 g/mol. The summed E-state index contributed by atoms with van der Waals surface area (Å²) in [5, 5.41) is 9.20. The molecule has 3 aromatic rings. The first-order valence-corrected chi connectivity index (χ1v) is 12.0. The number of aryl methyl sites for hydroxylation is 1. The van der Waals surface area contributed by atoms with Crippen LogP contribution in [0.15, 0.2) is 40.9 Å². The minimum Gasteiger partial charge on any atom is -0.337 e. The summed E-state index contributed by atoms with van der Waals surface area (Å²) in [7, 11) is 0. The Kier molecular flexibility index (Phi) is 7.48. The van der Waals surface area contributed by atoms with Crippen LogP contribution in [0.3, 0.4) is 0 Å². The van der Waals surface area contributed by atoms with Gasteiger partial charge in [-0.1, -0.05) is 60.9 Å². The third-order valence-corrected chi connectivity index (χ3v) is 6.44. The molecule has 180 valence electrons. The number of rotatable bonds is 7. The average molecular weight is 483 g/mol. The smallest absolute Gasteiger partial charge is 0.246 e. The number of amides is 1. The second-order valence-electron chi connectivity index (χ2n) is 9.06. The van der Waals surface area contributed by atoms with Crippen LogP contribution in [-0.2, 0) is 11.3 Å². The fourth-order valence-electron chi connectivity index (χ4n) is 4.08. The van der Waals surface area contributed by atoms with Gasteiger partial charge in [0.2, 0.25) is 17.6 Å². The van der Waals surface area contributed by atoms with Gasteiger partial charge in [0, 0.05) is 49.9 Å². The molecule has 0 radical (unpaired) electrons. The van der Waals surface area contributed by atoms with E-state index in [1.54, 1.807) is 16.8 Å². The molecule has 1 fully saturated rings. The van der Waals surface area contributed by atoms with Gasteiger partial charge in [0.15, 0.2) is 0 Å². The number of halogens is 1. The first kappa shape index (κ1) is 24.2. The highest BCUT2D eigenvalue weighted by Gasteiger charge is 2.27. The summed E-state index contributed by atoms with van der Waals surface area (Å²) < 4.78 is 7.33. The van der Waals surface area contributed by atoms with Crippen molar-refractivity contribution in [2.75, 3.05) is 26.2 Å². The molecule has 1 aliphatic rings. The van der Waals surface area contributed by atoms with Crippen molar-refractivity contribution in [3.8, 4) is 11.4 Å². The Labute approximate surface area is 205 Å². The van der Waals surface area contributed by atoms with Crippen molar-refractivity contribution in [3.63, 3.8) is 0 Å². The van der Waals surface area contributed by atoms with Crippen LogP contribution in [0.1, 0.15) is 44.0 Å². The van der Waals surface area contributed by atoms with E-state index in [2.05, 4.69) is 40.9 Å². The van der Waals surface area contributed by atoms with Crippen LogP contribution in [0.2, 0.25) is 5.15 Å². The second-order valence-corrected chi connectivity index (χ2v) is 9.42. The molecule has 8 nitrogen and oxygen atoms in total. The molecule has 34 heavy (non-hydrogen) atoms. The van der Waals surface area contributed by atoms with E-state index in [1.165, 1.54) is 0 Å². The number of nitrogens with zero attached hydrogens (tertiary/aromatic N) is 6. The molecule has 1 amide bonds. The van der Waals surface area contributed by atoms with Crippen LogP contribution < -0.4 is 0 Å². The maximum atomic E-state index is 12.8. The predicted molar refractivity (Wildman–Crippen MR) is 132 cm³/mol. The van der Waals surface area contributed by atoms with Crippen LogP contribution in [0.5, 0.6) is 0 Å². The molecule has 1 aliphatic heterocycles. The Balaban J connectivity index is 1.34. The molecule has 4 rings (SSSR count). The lowest BCUT2D eigenvalue weighted by atomic mass is 10.2. The van der Waals surface area contributed by atoms with Crippen molar-refractivity contribution in [1.82, 2.24) is 29.7 Å². The topological polar surface area (TPSA) is 80.3 Å². The van der Waals surface area contributed by atoms with Gasteiger partial charge in [-0.15, -0.1) is 0 Å². The van der Waals surface area contributed by atoms with Crippen molar-refractivity contribution in [3.05, 3.63) is 58.7 Å². The summed E-state index contributed by atoms with van der Waals surface area (Å²) in [6.45, 7) is 11.7. The molecule has 0 aliphatic carbocycles. The first-order valence-electron chi connectivity index (χ1n) is 11.7. The molecule has 0 bridgehead atoms. The van der Waals surface area contributed by atoms with Crippen LogP contribution in [0.4, 0.5) is 0 Å². The number of hydrogen-bond acceptors (Lipinski definition) is 6. The highest BCUT2D eigenvalue weighted by Crippen LogP contribution is 2.24. The van der Waals surface area contributed by atoms with Gasteiger partial charge < -0.3 is 9.42 Å². The third kappa shape index (κ3) is 5.39. The largest absolute Gasteiger partial charge is 0.337 e. The van der Waals surface area contributed by atoms with Crippen LogP contribution in [0, 0.1) is 12.8 Å². The van der Waals surface area contributed by atoms with Gasteiger partial charge in [0.1, 0.15) is 5.15 Å². The predicted octanol–water partition coefficient (Wildman–Crippen LogP) is 4.47. The highest BCUT2D eigenvalue weighted by molar-refractivity contribution is 6.31. The Morgan fingerprint density at radius 2 is 1.85 bits per heavy atom. The lowest BCUT2D eigenvalue weighted by Crippen LogP contribution is -2.48. The molecular weight excluding hydrogens is 452 g/mol. The van der Waals surface area contributed by atoms with Gasteiger partial charge in [-0.2, -0.15) is 10.1 Å². The lowest BCUT2D eigenvalue weighted by molar-refractivity contribution is -0.128. The Morgan fingerprint density at radius 3 is 2.53 bits per heavy atom. The van der Waals surface area contributed by atoms with Gasteiger partial charge in [-0.05, 0) is 25.8 Å². The maximum absolute atomic E-state index is 12.8. The number of aromatic nitrogens is 4. The summed E-state index contributed by atoms with van der Waals surface area (Å²) in [4.78, 5) is 21.5. The molecule has 0 saturated carbocycles. The fraction of sp³-hybridized carbons (Fsp3) is 0.440.